The number of hydrogen-bond donors (Lipinski definition) is 1. The highest BCUT2D eigenvalue weighted by atomic mass is 79.9. The number of halogens is 1. The van der Waals surface area contributed by atoms with Crippen LogP contribution in [0.3, 0.4) is 0 Å². The molecule has 3 heterocycles. The molecule has 2 aliphatic heterocycles. The van der Waals surface area contributed by atoms with Gasteiger partial charge in [-0.3, -0.25) is 4.90 Å². The molecule has 0 amide bonds. The third kappa shape index (κ3) is 1.96. The summed E-state index contributed by atoms with van der Waals surface area (Å²) < 4.78 is 1.22. The van der Waals surface area contributed by atoms with E-state index in [-0.39, 0.29) is 0 Å². The molecule has 0 saturated carbocycles. The van der Waals surface area contributed by atoms with E-state index in [2.05, 4.69) is 44.5 Å². The molecule has 4 heteroatoms. The second-order valence-electron chi connectivity index (χ2n) is 4.98. The van der Waals surface area contributed by atoms with Crippen LogP contribution in [0.15, 0.2) is 15.9 Å². The maximum Gasteiger partial charge on any atom is 0.0331 e. The molecule has 88 valence electrons. The fourth-order valence-electron chi connectivity index (χ4n) is 3.10. The topological polar surface area (TPSA) is 15.3 Å². The second kappa shape index (κ2) is 4.41. The minimum atomic E-state index is 0.737. The third-order valence-corrected chi connectivity index (χ3v) is 5.72. The first-order valence-electron chi connectivity index (χ1n) is 5.91. The van der Waals surface area contributed by atoms with Crippen molar-refractivity contribution < 1.29 is 0 Å². The molecule has 0 bridgehead atoms. The molecule has 2 saturated heterocycles. The van der Waals surface area contributed by atoms with Gasteiger partial charge in [-0.15, -0.1) is 11.3 Å². The lowest BCUT2D eigenvalue weighted by Crippen LogP contribution is -2.32. The van der Waals surface area contributed by atoms with Gasteiger partial charge in [0.25, 0.3) is 0 Å². The highest BCUT2D eigenvalue weighted by Gasteiger charge is 2.41. The summed E-state index contributed by atoms with van der Waals surface area (Å²) in [7, 11) is 0. The van der Waals surface area contributed by atoms with E-state index in [1.165, 1.54) is 29.0 Å². The first-order valence-corrected chi connectivity index (χ1v) is 7.59. The monoisotopic (exact) mass is 300 g/mol. The van der Waals surface area contributed by atoms with Gasteiger partial charge in [0.1, 0.15) is 0 Å². The summed E-state index contributed by atoms with van der Waals surface area (Å²) in [6.07, 6.45) is 0. The first kappa shape index (κ1) is 11.2. The van der Waals surface area contributed by atoms with Gasteiger partial charge in [0.15, 0.2) is 0 Å². The van der Waals surface area contributed by atoms with Gasteiger partial charge in [0.05, 0.1) is 0 Å². The molecule has 2 aliphatic rings. The molecule has 0 radical (unpaired) electrons. The van der Waals surface area contributed by atoms with E-state index in [1.54, 1.807) is 0 Å². The van der Waals surface area contributed by atoms with Gasteiger partial charge in [-0.2, -0.15) is 0 Å². The highest BCUT2D eigenvalue weighted by molar-refractivity contribution is 9.10. The fourth-order valence-corrected chi connectivity index (χ4v) is 4.58. The van der Waals surface area contributed by atoms with E-state index < -0.39 is 0 Å². The number of thiophene rings is 1. The number of rotatable bonds is 2. The van der Waals surface area contributed by atoms with E-state index in [0.717, 1.165) is 24.4 Å². The largest absolute Gasteiger partial charge is 0.316 e. The lowest BCUT2D eigenvalue weighted by molar-refractivity contribution is 0.233. The molecular weight excluding hydrogens is 284 g/mol. The van der Waals surface area contributed by atoms with Gasteiger partial charge >= 0.3 is 0 Å². The number of nitrogens with zero attached hydrogens (tertiary/aromatic N) is 1. The Morgan fingerprint density at radius 2 is 2.44 bits per heavy atom. The van der Waals surface area contributed by atoms with Crippen molar-refractivity contribution in [3.05, 3.63) is 20.8 Å². The smallest absolute Gasteiger partial charge is 0.0331 e. The average Bonchev–Trinajstić information content (AvgIpc) is 2.90. The minimum absolute atomic E-state index is 0.737. The normalized spacial score (nSPS) is 34.5. The van der Waals surface area contributed by atoms with Crippen LogP contribution in [0.4, 0.5) is 0 Å². The Balaban J connectivity index is 1.68. The Kier molecular flexibility index (Phi) is 3.09. The Morgan fingerprint density at radius 1 is 1.56 bits per heavy atom. The van der Waals surface area contributed by atoms with Crippen LogP contribution in [0.2, 0.25) is 0 Å². The molecular formula is C12H17BrN2S. The summed E-state index contributed by atoms with van der Waals surface area (Å²) >= 11 is 5.39. The Hall–Kier alpha value is 0.1000. The number of fused-ring (bicyclic) bond motifs is 1. The maximum atomic E-state index is 3.53. The van der Waals surface area contributed by atoms with Crippen molar-refractivity contribution in [2.24, 2.45) is 11.8 Å². The van der Waals surface area contributed by atoms with Crippen molar-refractivity contribution in [2.75, 3.05) is 19.6 Å². The summed E-state index contributed by atoms with van der Waals surface area (Å²) in [4.78, 5) is 4.13. The molecule has 1 aromatic heterocycles. The molecule has 2 fully saturated rings. The number of likely N-dealkylation sites (tertiary alicyclic amines) is 1. The van der Waals surface area contributed by atoms with E-state index in [4.69, 9.17) is 0 Å². The summed E-state index contributed by atoms with van der Waals surface area (Å²) in [5, 5.41) is 5.69. The standard InChI is InChI=1S/C12H17BrN2S/c1-8-12-4-14-3-9(12)5-15(8)6-11-2-10(13)7-16-11/h2,7-9,12,14H,3-6H2,1H3. The quantitative estimate of drug-likeness (QED) is 0.903. The van der Waals surface area contributed by atoms with Crippen molar-refractivity contribution >= 4 is 27.3 Å². The molecule has 16 heavy (non-hydrogen) atoms. The molecule has 0 spiro atoms. The van der Waals surface area contributed by atoms with Crippen LogP contribution in [0.1, 0.15) is 11.8 Å². The fraction of sp³-hybridized carbons (Fsp3) is 0.667. The van der Waals surface area contributed by atoms with E-state index in [1.807, 2.05) is 11.3 Å². The molecule has 0 aromatic carbocycles. The SMILES string of the molecule is CC1C2CNCC2CN1Cc1cc(Br)cs1. The van der Waals surface area contributed by atoms with Crippen LogP contribution in [0.25, 0.3) is 0 Å². The molecule has 2 nitrogen and oxygen atoms in total. The lowest BCUT2D eigenvalue weighted by atomic mass is 9.95. The molecule has 1 N–H and O–H groups in total. The van der Waals surface area contributed by atoms with Crippen LogP contribution in [-0.2, 0) is 6.54 Å². The van der Waals surface area contributed by atoms with Crippen LogP contribution < -0.4 is 5.32 Å². The number of hydrogen-bond acceptors (Lipinski definition) is 3. The van der Waals surface area contributed by atoms with Gasteiger partial charge in [-0.05, 0) is 53.8 Å². The van der Waals surface area contributed by atoms with Crippen molar-refractivity contribution in [3.8, 4) is 0 Å². The highest BCUT2D eigenvalue weighted by Crippen LogP contribution is 2.34. The zero-order valence-corrected chi connectivity index (χ0v) is 11.9. The zero-order valence-electron chi connectivity index (χ0n) is 9.45. The minimum Gasteiger partial charge on any atom is -0.316 e. The van der Waals surface area contributed by atoms with Gasteiger partial charge in [-0.25, -0.2) is 0 Å². The number of nitrogens with one attached hydrogen (secondary N) is 1. The zero-order chi connectivity index (χ0) is 11.1. The predicted molar refractivity (Wildman–Crippen MR) is 71.7 cm³/mol. The summed E-state index contributed by atoms with van der Waals surface area (Å²) in [6, 6.07) is 2.99. The lowest BCUT2D eigenvalue weighted by Gasteiger charge is -2.23. The van der Waals surface area contributed by atoms with Gasteiger partial charge in [-0.1, -0.05) is 0 Å². The van der Waals surface area contributed by atoms with Crippen molar-refractivity contribution in [2.45, 2.75) is 19.5 Å². The molecule has 1 aromatic rings. The molecule has 3 unspecified atom stereocenters. The molecule has 3 atom stereocenters. The Bertz CT molecular complexity index is 379. The Morgan fingerprint density at radius 3 is 3.12 bits per heavy atom. The predicted octanol–water partition coefficient (Wildman–Crippen LogP) is 2.55. The van der Waals surface area contributed by atoms with Crippen molar-refractivity contribution in [1.82, 2.24) is 10.2 Å². The molecule has 3 rings (SSSR count). The summed E-state index contributed by atoms with van der Waals surface area (Å²) in [5.74, 6) is 1.77. The summed E-state index contributed by atoms with van der Waals surface area (Å²) in [6.45, 7) is 7.23. The van der Waals surface area contributed by atoms with E-state index >= 15 is 0 Å². The molecule has 0 aliphatic carbocycles. The third-order valence-electron chi connectivity index (χ3n) is 4.04. The van der Waals surface area contributed by atoms with Gasteiger partial charge in [0.2, 0.25) is 0 Å². The van der Waals surface area contributed by atoms with Crippen LogP contribution in [0, 0.1) is 11.8 Å². The van der Waals surface area contributed by atoms with Crippen molar-refractivity contribution in [3.63, 3.8) is 0 Å². The van der Waals surface area contributed by atoms with E-state index in [0.29, 0.717) is 0 Å². The van der Waals surface area contributed by atoms with Gasteiger partial charge in [0, 0.05) is 33.9 Å². The first-order chi connectivity index (χ1) is 7.74. The van der Waals surface area contributed by atoms with E-state index in [9.17, 15) is 0 Å². The summed E-state index contributed by atoms with van der Waals surface area (Å²) in [5.41, 5.74) is 0. The van der Waals surface area contributed by atoms with Gasteiger partial charge < -0.3 is 5.32 Å². The van der Waals surface area contributed by atoms with Crippen LogP contribution in [-0.4, -0.2) is 30.6 Å². The average molecular weight is 301 g/mol. The van der Waals surface area contributed by atoms with Crippen LogP contribution in [0.5, 0.6) is 0 Å². The maximum absolute atomic E-state index is 3.53. The van der Waals surface area contributed by atoms with Crippen molar-refractivity contribution in [1.29, 1.82) is 0 Å². The Labute approximate surface area is 109 Å². The van der Waals surface area contributed by atoms with Crippen LogP contribution >= 0.6 is 27.3 Å². The second-order valence-corrected chi connectivity index (χ2v) is 6.89.